The second kappa shape index (κ2) is 10.8. The summed E-state index contributed by atoms with van der Waals surface area (Å²) >= 11 is 5.87. The number of amides is 1. The fourth-order valence-corrected chi connectivity index (χ4v) is 4.88. The standard InChI is InChI=1S/C27H26N6O3S/c1-35-17-24(34)30-20-16-18(11-12-22(20)36-2)33-26(25(31-27(33)37)19-8-3-5-13-28-19)21-9-7-15-32(21)23-10-4-6-14-29-23/h3-16,25-26H,17H2,1-2H3,(H,30,34)(H,31,37)/t25-,26-/m0/s1. The number of methoxy groups -OCH3 is 2. The number of carbonyl (C=O) groups is 1. The van der Waals surface area contributed by atoms with Gasteiger partial charge in [-0.3, -0.25) is 9.78 Å². The van der Waals surface area contributed by atoms with Gasteiger partial charge in [0.25, 0.3) is 0 Å². The second-order valence-electron chi connectivity index (χ2n) is 8.35. The first-order chi connectivity index (χ1) is 18.1. The van der Waals surface area contributed by atoms with E-state index in [1.807, 2.05) is 76.3 Å². The molecule has 0 radical (unpaired) electrons. The second-order valence-corrected chi connectivity index (χ2v) is 8.74. The highest BCUT2D eigenvalue weighted by molar-refractivity contribution is 7.80. The summed E-state index contributed by atoms with van der Waals surface area (Å²) in [5, 5.41) is 6.87. The molecule has 0 bridgehead atoms. The van der Waals surface area contributed by atoms with E-state index < -0.39 is 0 Å². The van der Waals surface area contributed by atoms with Gasteiger partial charge >= 0.3 is 0 Å². The number of carbonyl (C=O) groups excluding carboxylic acids is 1. The quantitative estimate of drug-likeness (QED) is 0.341. The number of ether oxygens (including phenoxy) is 2. The van der Waals surface area contributed by atoms with Crippen LogP contribution in [0.4, 0.5) is 11.4 Å². The molecule has 37 heavy (non-hydrogen) atoms. The zero-order valence-electron chi connectivity index (χ0n) is 20.4. The van der Waals surface area contributed by atoms with Gasteiger partial charge in [-0.1, -0.05) is 12.1 Å². The van der Waals surface area contributed by atoms with Gasteiger partial charge in [0.1, 0.15) is 24.2 Å². The molecule has 1 amide bonds. The Bertz CT molecular complexity index is 1400. The molecule has 1 fully saturated rings. The molecule has 0 aliphatic carbocycles. The van der Waals surface area contributed by atoms with Crippen LogP contribution in [-0.4, -0.2) is 46.4 Å². The van der Waals surface area contributed by atoms with Gasteiger partial charge in [0.15, 0.2) is 5.11 Å². The molecule has 4 heterocycles. The van der Waals surface area contributed by atoms with Gasteiger partial charge in [-0.25, -0.2) is 4.98 Å². The minimum absolute atomic E-state index is 0.0704. The van der Waals surface area contributed by atoms with Gasteiger partial charge in [-0.05, 0) is 66.8 Å². The minimum Gasteiger partial charge on any atom is -0.495 e. The van der Waals surface area contributed by atoms with Crippen LogP contribution in [0.2, 0.25) is 0 Å². The number of rotatable bonds is 8. The molecule has 3 aromatic heterocycles. The Morgan fingerprint density at radius 3 is 2.57 bits per heavy atom. The molecule has 10 heteroatoms. The highest BCUT2D eigenvalue weighted by Crippen LogP contribution is 2.43. The number of hydrogen-bond acceptors (Lipinski definition) is 6. The van der Waals surface area contributed by atoms with Crippen molar-refractivity contribution in [2.75, 3.05) is 31.0 Å². The Labute approximate surface area is 220 Å². The summed E-state index contributed by atoms with van der Waals surface area (Å²) in [6.45, 7) is -0.0704. The van der Waals surface area contributed by atoms with Crippen molar-refractivity contribution in [3.05, 3.63) is 96.7 Å². The van der Waals surface area contributed by atoms with E-state index in [1.54, 1.807) is 19.5 Å². The number of nitrogens with one attached hydrogen (secondary N) is 2. The fraction of sp³-hybridized carbons (Fsp3) is 0.185. The summed E-state index contributed by atoms with van der Waals surface area (Å²) in [6.07, 6.45) is 5.52. The summed E-state index contributed by atoms with van der Waals surface area (Å²) in [5.74, 6) is 1.04. The van der Waals surface area contributed by atoms with Gasteiger partial charge < -0.3 is 29.6 Å². The number of thiocarbonyl (C=S) groups is 1. The van der Waals surface area contributed by atoms with Crippen LogP contribution < -0.4 is 20.3 Å². The predicted octanol–water partition coefficient (Wildman–Crippen LogP) is 4.04. The van der Waals surface area contributed by atoms with Crippen LogP contribution in [0.25, 0.3) is 5.82 Å². The summed E-state index contributed by atoms with van der Waals surface area (Å²) in [6, 6.07) is 20.7. The molecule has 5 rings (SSSR count). The minimum atomic E-state index is -0.285. The number of pyridine rings is 2. The van der Waals surface area contributed by atoms with Crippen LogP contribution in [0.3, 0.4) is 0 Å². The van der Waals surface area contributed by atoms with Gasteiger partial charge in [-0.2, -0.15) is 0 Å². The lowest BCUT2D eigenvalue weighted by Gasteiger charge is -2.29. The monoisotopic (exact) mass is 514 g/mol. The molecule has 1 aliphatic heterocycles. The summed E-state index contributed by atoms with van der Waals surface area (Å²) in [4.78, 5) is 23.5. The molecule has 0 spiro atoms. The van der Waals surface area contributed by atoms with E-state index in [0.717, 1.165) is 22.9 Å². The van der Waals surface area contributed by atoms with Crippen LogP contribution in [-0.2, 0) is 9.53 Å². The summed E-state index contributed by atoms with van der Waals surface area (Å²) < 4.78 is 12.5. The van der Waals surface area contributed by atoms with Gasteiger partial charge in [0.05, 0.1) is 24.5 Å². The zero-order chi connectivity index (χ0) is 25.8. The van der Waals surface area contributed by atoms with Crippen LogP contribution in [0.5, 0.6) is 5.75 Å². The lowest BCUT2D eigenvalue weighted by molar-refractivity contribution is -0.119. The molecule has 188 valence electrons. The van der Waals surface area contributed by atoms with E-state index in [0.29, 0.717) is 16.5 Å². The predicted molar refractivity (Wildman–Crippen MR) is 145 cm³/mol. The molecule has 1 saturated heterocycles. The molecular formula is C27H26N6O3S. The Hall–Kier alpha value is -4.28. The number of aromatic nitrogens is 3. The first-order valence-corrected chi connectivity index (χ1v) is 12.1. The Morgan fingerprint density at radius 1 is 1.05 bits per heavy atom. The topological polar surface area (TPSA) is 93.5 Å². The zero-order valence-corrected chi connectivity index (χ0v) is 21.2. The van der Waals surface area contributed by atoms with Gasteiger partial charge in [0, 0.05) is 37.1 Å². The summed E-state index contributed by atoms with van der Waals surface area (Å²) in [5.41, 5.74) is 3.13. The molecule has 0 unspecified atom stereocenters. The van der Waals surface area contributed by atoms with Crippen molar-refractivity contribution in [2.45, 2.75) is 12.1 Å². The molecular weight excluding hydrogens is 488 g/mol. The van der Waals surface area contributed by atoms with Crippen molar-refractivity contribution >= 4 is 34.6 Å². The summed E-state index contributed by atoms with van der Waals surface area (Å²) in [7, 11) is 3.03. The molecule has 4 aromatic rings. The number of anilines is 2. The van der Waals surface area contributed by atoms with E-state index in [2.05, 4.69) is 26.7 Å². The highest BCUT2D eigenvalue weighted by atomic mass is 32.1. The lowest BCUT2D eigenvalue weighted by atomic mass is 10.0. The van der Waals surface area contributed by atoms with E-state index >= 15 is 0 Å². The molecule has 2 N–H and O–H groups in total. The first-order valence-electron chi connectivity index (χ1n) is 11.7. The Kier molecular flexibility index (Phi) is 7.11. The average Bonchev–Trinajstić information content (AvgIpc) is 3.54. The average molecular weight is 515 g/mol. The molecule has 1 aliphatic rings. The molecule has 0 saturated carbocycles. The molecule has 2 atom stereocenters. The van der Waals surface area contributed by atoms with E-state index in [-0.39, 0.29) is 24.6 Å². The Morgan fingerprint density at radius 2 is 1.86 bits per heavy atom. The smallest absolute Gasteiger partial charge is 0.250 e. The fourth-order valence-electron chi connectivity index (χ4n) is 4.53. The third-order valence-corrected chi connectivity index (χ3v) is 6.40. The van der Waals surface area contributed by atoms with Crippen LogP contribution in [0.15, 0.2) is 85.3 Å². The number of benzene rings is 1. The van der Waals surface area contributed by atoms with Gasteiger partial charge in [0.2, 0.25) is 5.91 Å². The lowest BCUT2D eigenvalue weighted by Crippen LogP contribution is -2.30. The molecule has 1 aromatic carbocycles. The third kappa shape index (κ3) is 4.89. The molecule has 9 nitrogen and oxygen atoms in total. The number of hydrogen-bond donors (Lipinski definition) is 2. The van der Waals surface area contributed by atoms with Crippen molar-refractivity contribution in [3.63, 3.8) is 0 Å². The van der Waals surface area contributed by atoms with Gasteiger partial charge in [-0.15, -0.1) is 0 Å². The maximum Gasteiger partial charge on any atom is 0.250 e. The largest absolute Gasteiger partial charge is 0.495 e. The van der Waals surface area contributed by atoms with Crippen LogP contribution >= 0.6 is 12.2 Å². The van der Waals surface area contributed by atoms with E-state index in [9.17, 15) is 4.79 Å². The van der Waals surface area contributed by atoms with Crippen LogP contribution in [0, 0.1) is 0 Å². The third-order valence-electron chi connectivity index (χ3n) is 6.09. The van der Waals surface area contributed by atoms with Crippen molar-refractivity contribution in [1.29, 1.82) is 0 Å². The van der Waals surface area contributed by atoms with Crippen LogP contribution in [0.1, 0.15) is 23.5 Å². The maximum absolute atomic E-state index is 12.3. The van der Waals surface area contributed by atoms with Crippen molar-refractivity contribution in [3.8, 4) is 11.6 Å². The van der Waals surface area contributed by atoms with Crippen molar-refractivity contribution in [1.82, 2.24) is 19.9 Å². The van der Waals surface area contributed by atoms with E-state index in [1.165, 1.54) is 7.11 Å². The van der Waals surface area contributed by atoms with E-state index in [4.69, 9.17) is 21.7 Å². The SMILES string of the molecule is COCC(=O)Nc1cc(N2C(=S)N[C@@H](c3ccccn3)[C@@H]2c2cccn2-c2ccccn2)ccc1OC. The Balaban J connectivity index is 1.62. The van der Waals surface area contributed by atoms with Crippen molar-refractivity contribution < 1.29 is 14.3 Å². The number of nitrogens with zero attached hydrogens (tertiary/aromatic N) is 4. The normalized spacial score (nSPS) is 16.9. The highest BCUT2D eigenvalue weighted by Gasteiger charge is 2.42. The first kappa shape index (κ1) is 24.4. The maximum atomic E-state index is 12.3. The van der Waals surface area contributed by atoms with Crippen molar-refractivity contribution in [2.24, 2.45) is 0 Å².